The molecule has 0 unspecified atom stereocenters. The summed E-state index contributed by atoms with van der Waals surface area (Å²) < 4.78 is 0. The lowest BCUT2D eigenvalue weighted by atomic mass is 9.95. The number of rotatable bonds is 2. The van der Waals surface area contributed by atoms with Gasteiger partial charge in [0.2, 0.25) is 0 Å². The third kappa shape index (κ3) is 1.46. The van der Waals surface area contributed by atoms with Crippen molar-refractivity contribution < 1.29 is 0 Å². The molecule has 0 fully saturated rings. The van der Waals surface area contributed by atoms with Gasteiger partial charge in [0.25, 0.3) is 0 Å². The lowest BCUT2D eigenvalue weighted by Gasteiger charge is -2.07. The van der Waals surface area contributed by atoms with E-state index in [1.165, 1.54) is 24.1 Å². The molecule has 0 saturated heterocycles. The van der Waals surface area contributed by atoms with Crippen molar-refractivity contribution in [1.82, 2.24) is 0 Å². The number of fused-ring (bicyclic) bond motifs is 1. The maximum absolute atomic E-state index is 8.81. The minimum absolute atomic E-state index is 0.600. The SMILES string of the molecule is CCC[C@H]1CNc2ccc(C#N)cc21. The molecule has 2 rings (SSSR count). The standard InChI is InChI=1S/C12H14N2/c1-2-3-10-8-14-12-5-4-9(7-13)6-11(10)12/h4-6,10,14H,2-3,8H2,1H3/t10-/m0/s1. The summed E-state index contributed by atoms with van der Waals surface area (Å²) in [5.74, 6) is 0.600. The minimum atomic E-state index is 0.600. The first-order chi connectivity index (χ1) is 6.85. The Labute approximate surface area is 84.6 Å². The fraction of sp³-hybridized carbons (Fsp3) is 0.417. The molecule has 0 saturated carbocycles. The van der Waals surface area contributed by atoms with Crippen molar-refractivity contribution in [3.63, 3.8) is 0 Å². The molecule has 1 atom stereocenters. The van der Waals surface area contributed by atoms with Gasteiger partial charge in [-0.2, -0.15) is 5.26 Å². The van der Waals surface area contributed by atoms with Crippen LogP contribution in [0.2, 0.25) is 0 Å². The van der Waals surface area contributed by atoms with Gasteiger partial charge in [-0.3, -0.25) is 0 Å². The Balaban J connectivity index is 2.33. The quantitative estimate of drug-likeness (QED) is 0.770. The summed E-state index contributed by atoms with van der Waals surface area (Å²) in [6.45, 7) is 3.23. The molecule has 1 aliphatic heterocycles. The van der Waals surface area contributed by atoms with Gasteiger partial charge in [0.1, 0.15) is 0 Å². The molecule has 14 heavy (non-hydrogen) atoms. The van der Waals surface area contributed by atoms with Crippen molar-refractivity contribution in [3.8, 4) is 6.07 Å². The Morgan fingerprint density at radius 1 is 1.57 bits per heavy atom. The summed E-state index contributed by atoms with van der Waals surface area (Å²) in [4.78, 5) is 0. The van der Waals surface area contributed by atoms with Crippen LogP contribution in [0, 0.1) is 11.3 Å². The zero-order chi connectivity index (χ0) is 9.97. The van der Waals surface area contributed by atoms with Crippen LogP contribution in [0.5, 0.6) is 0 Å². The third-order valence-electron chi connectivity index (χ3n) is 2.80. The van der Waals surface area contributed by atoms with E-state index in [4.69, 9.17) is 5.26 Å². The molecule has 1 heterocycles. The van der Waals surface area contributed by atoms with Gasteiger partial charge < -0.3 is 5.32 Å². The van der Waals surface area contributed by atoms with Crippen molar-refractivity contribution in [2.24, 2.45) is 0 Å². The Kier molecular flexibility index (Phi) is 2.41. The van der Waals surface area contributed by atoms with E-state index in [-0.39, 0.29) is 0 Å². The Morgan fingerprint density at radius 2 is 2.43 bits per heavy atom. The van der Waals surface area contributed by atoms with Gasteiger partial charge in [0.05, 0.1) is 11.6 Å². The van der Waals surface area contributed by atoms with Gasteiger partial charge in [0.15, 0.2) is 0 Å². The Morgan fingerprint density at radius 3 is 3.14 bits per heavy atom. The van der Waals surface area contributed by atoms with Gasteiger partial charge in [-0.15, -0.1) is 0 Å². The van der Waals surface area contributed by atoms with Crippen LogP contribution in [-0.2, 0) is 0 Å². The van der Waals surface area contributed by atoms with Crippen molar-refractivity contribution in [2.75, 3.05) is 11.9 Å². The van der Waals surface area contributed by atoms with E-state index in [9.17, 15) is 0 Å². The summed E-state index contributed by atoms with van der Waals surface area (Å²) in [5.41, 5.74) is 3.31. The highest BCUT2D eigenvalue weighted by atomic mass is 14.9. The van der Waals surface area contributed by atoms with Crippen LogP contribution in [0.15, 0.2) is 18.2 Å². The molecular formula is C12H14N2. The molecule has 0 amide bonds. The fourth-order valence-corrected chi connectivity index (χ4v) is 2.08. The predicted molar refractivity (Wildman–Crippen MR) is 57.3 cm³/mol. The molecule has 1 aromatic rings. The first kappa shape index (κ1) is 9.08. The second kappa shape index (κ2) is 3.71. The number of anilines is 1. The van der Waals surface area contributed by atoms with Crippen molar-refractivity contribution in [2.45, 2.75) is 25.7 Å². The lowest BCUT2D eigenvalue weighted by Crippen LogP contribution is -2.00. The Hall–Kier alpha value is -1.49. The van der Waals surface area contributed by atoms with Crippen molar-refractivity contribution >= 4 is 5.69 Å². The van der Waals surface area contributed by atoms with Crippen LogP contribution < -0.4 is 5.32 Å². The minimum Gasteiger partial charge on any atom is -0.384 e. The molecular weight excluding hydrogens is 172 g/mol. The van der Waals surface area contributed by atoms with Crippen LogP contribution in [-0.4, -0.2) is 6.54 Å². The number of benzene rings is 1. The lowest BCUT2D eigenvalue weighted by molar-refractivity contribution is 0.661. The van der Waals surface area contributed by atoms with Crippen LogP contribution in [0.25, 0.3) is 0 Å². The summed E-state index contributed by atoms with van der Waals surface area (Å²) >= 11 is 0. The molecule has 0 radical (unpaired) electrons. The van der Waals surface area contributed by atoms with Gasteiger partial charge >= 0.3 is 0 Å². The number of nitrogens with zero attached hydrogens (tertiary/aromatic N) is 1. The number of hydrogen-bond donors (Lipinski definition) is 1. The predicted octanol–water partition coefficient (Wildman–Crippen LogP) is 2.87. The van der Waals surface area contributed by atoms with Gasteiger partial charge in [-0.25, -0.2) is 0 Å². The molecule has 72 valence electrons. The number of hydrogen-bond acceptors (Lipinski definition) is 2. The second-order valence-corrected chi connectivity index (χ2v) is 3.78. The van der Waals surface area contributed by atoms with Gasteiger partial charge in [-0.05, 0) is 30.2 Å². The molecule has 2 nitrogen and oxygen atoms in total. The molecule has 1 aromatic carbocycles. The van der Waals surface area contributed by atoms with E-state index in [1.807, 2.05) is 18.2 Å². The van der Waals surface area contributed by atoms with Crippen LogP contribution in [0.3, 0.4) is 0 Å². The van der Waals surface area contributed by atoms with Gasteiger partial charge in [-0.1, -0.05) is 13.3 Å². The summed E-state index contributed by atoms with van der Waals surface area (Å²) in [6, 6.07) is 8.11. The highest BCUT2D eigenvalue weighted by molar-refractivity contribution is 5.60. The van der Waals surface area contributed by atoms with Crippen LogP contribution in [0.1, 0.15) is 36.8 Å². The zero-order valence-corrected chi connectivity index (χ0v) is 8.38. The van der Waals surface area contributed by atoms with E-state index < -0.39 is 0 Å². The van der Waals surface area contributed by atoms with Crippen LogP contribution >= 0.6 is 0 Å². The van der Waals surface area contributed by atoms with Crippen molar-refractivity contribution in [1.29, 1.82) is 5.26 Å². The van der Waals surface area contributed by atoms with E-state index in [0.717, 1.165) is 12.1 Å². The summed E-state index contributed by atoms with van der Waals surface area (Å²) in [5, 5.41) is 12.2. The topological polar surface area (TPSA) is 35.8 Å². The number of nitrogens with one attached hydrogen (secondary N) is 1. The van der Waals surface area contributed by atoms with Gasteiger partial charge in [0, 0.05) is 18.2 Å². The van der Waals surface area contributed by atoms with E-state index >= 15 is 0 Å². The third-order valence-corrected chi connectivity index (χ3v) is 2.80. The average Bonchev–Trinajstić information content (AvgIpc) is 2.61. The molecule has 0 aromatic heterocycles. The second-order valence-electron chi connectivity index (χ2n) is 3.78. The molecule has 1 N–H and O–H groups in total. The molecule has 0 spiro atoms. The monoisotopic (exact) mass is 186 g/mol. The smallest absolute Gasteiger partial charge is 0.0991 e. The summed E-state index contributed by atoms with van der Waals surface area (Å²) in [6.07, 6.45) is 2.40. The van der Waals surface area contributed by atoms with Crippen LogP contribution in [0.4, 0.5) is 5.69 Å². The zero-order valence-electron chi connectivity index (χ0n) is 8.38. The van der Waals surface area contributed by atoms with Crippen molar-refractivity contribution in [3.05, 3.63) is 29.3 Å². The van der Waals surface area contributed by atoms with E-state index in [2.05, 4.69) is 18.3 Å². The average molecular weight is 186 g/mol. The maximum atomic E-state index is 8.81. The fourth-order valence-electron chi connectivity index (χ4n) is 2.08. The highest BCUT2D eigenvalue weighted by Crippen LogP contribution is 2.34. The largest absolute Gasteiger partial charge is 0.384 e. The first-order valence-electron chi connectivity index (χ1n) is 5.13. The summed E-state index contributed by atoms with van der Waals surface area (Å²) in [7, 11) is 0. The molecule has 0 bridgehead atoms. The first-order valence-corrected chi connectivity index (χ1v) is 5.13. The normalized spacial score (nSPS) is 18.4. The molecule has 2 heteroatoms. The maximum Gasteiger partial charge on any atom is 0.0991 e. The highest BCUT2D eigenvalue weighted by Gasteiger charge is 2.21. The Bertz CT molecular complexity index is 374. The molecule has 0 aliphatic carbocycles. The number of nitriles is 1. The van der Waals surface area contributed by atoms with E-state index in [1.54, 1.807) is 0 Å². The van der Waals surface area contributed by atoms with E-state index in [0.29, 0.717) is 5.92 Å². The molecule has 1 aliphatic rings.